The summed E-state index contributed by atoms with van der Waals surface area (Å²) < 4.78 is 0. The lowest BCUT2D eigenvalue weighted by atomic mass is 10.2. The zero-order chi connectivity index (χ0) is 11.3. The fraction of sp³-hybridized carbons (Fsp3) is 0.200. The molecular formula is C10H12N2O3. The summed E-state index contributed by atoms with van der Waals surface area (Å²) in [6.07, 6.45) is 0.102. The van der Waals surface area contributed by atoms with E-state index in [2.05, 4.69) is 5.32 Å². The molecule has 1 aromatic carbocycles. The zero-order valence-corrected chi connectivity index (χ0v) is 8.06. The third-order valence-electron chi connectivity index (χ3n) is 1.77. The lowest BCUT2D eigenvalue weighted by molar-refractivity contribution is -0.117. The molecule has 0 saturated heterocycles. The van der Waals surface area contributed by atoms with E-state index in [4.69, 9.17) is 10.8 Å². The highest BCUT2D eigenvalue weighted by atomic mass is 16.3. The molecule has 0 heterocycles. The minimum atomic E-state index is -0.466. The molecule has 5 nitrogen and oxygen atoms in total. The first-order chi connectivity index (χ1) is 7.09. The summed E-state index contributed by atoms with van der Waals surface area (Å²) >= 11 is 0. The number of rotatable bonds is 4. The van der Waals surface area contributed by atoms with E-state index in [1.54, 1.807) is 12.1 Å². The summed E-state index contributed by atoms with van der Waals surface area (Å²) in [5, 5.41) is 11.6. The minimum Gasteiger partial charge on any atom is -0.508 e. The van der Waals surface area contributed by atoms with Gasteiger partial charge in [-0.3, -0.25) is 9.59 Å². The molecule has 0 atom stereocenters. The van der Waals surface area contributed by atoms with Crippen LogP contribution in [0.5, 0.6) is 5.75 Å². The van der Waals surface area contributed by atoms with Crippen molar-refractivity contribution >= 4 is 11.8 Å². The van der Waals surface area contributed by atoms with Crippen LogP contribution in [-0.4, -0.2) is 23.5 Å². The highest BCUT2D eigenvalue weighted by Gasteiger charge is 2.05. The van der Waals surface area contributed by atoms with Crippen LogP contribution in [0.2, 0.25) is 0 Å². The van der Waals surface area contributed by atoms with Crippen LogP contribution in [0.4, 0.5) is 0 Å². The van der Waals surface area contributed by atoms with Crippen molar-refractivity contribution in [3.8, 4) is 5.75 Å². The maximum absolute atomic E-state index is 11.4. The molecule has 0 radical (unpaired) electrons. The van der Waals surface area contributed by atoms with Crippen LogP contribution in [0.15, 0.2) is 24.3 Å². The molecule has 1 aromatic rings. The van der Waals surface area contributed by atoms with Crippen LogP contribution in [0, 0.1) is 0 Å². The Balaban J connectivity index is 2.50. The number of amides is 2. The molecule has 0 aliphatic heterocycles. The largest absolute Gasteiger partial charge is 0.508 e. The lowest BCUT2D eigenvalue weighted by Crippen LogP contribution is -2.27. The molecule has 0 bridgehead atoms. The Morgan fingerprint density at radius 3 is 2.73 bits per heavy atom. The second kappa shape index (κ2) is 4.99. The Labute approximate surface area is 86.9 Å². The van der Waals surface area contributed by atoms with Gasteiger partial charge in [0.2, 0.25) is 5.91 Å². The Morgan fingerprint density at radius 1 is 1.40 bits per heavy atom. The maximum atomic E-state index is 11.4. The van der Waals surface area contributed by atoms with E-state index in [1.807, 2.05) is 0 Å². The molecule has 0 unspecified atom stereocenters. The van der Waals surface area contributed by atoms with Gasteiger partial charge in [0, 0.05) is 18.5 Å². The van der Waals surface area contributed by atoms with Gasteiger partial charge in [-0.1, -0.05) is 6.07 Å². The number of primary amides is 1. The molecule has 0 saturated carbocycles. The quantitative estimate of drug-likeness (QED) is 0.650. The van der Waals surface area contributed by atoms with Gasteiger partial charge in [-0.2, -0.15) is 0 Å². The molecule has 80 valence electrons. The number of carbonyl (C=O) groups is 2. The third kappa shape index (κ3) is 3.68. The summed E-state index contributed by atoms with van der Waals surface area (Å²) in [6.45, 7) is 0.198. The molecule has 0 spiro atoms. The van der Waals surface area contributed by atoms with Crippen molar-refractivity contribution in [1.82, 2.24) is 5.32 Å². The number of carbonyl (C=O) groups excluding carboxylic acids is 2. The van der Waals surface area contributed by atoms with Crippen LogP contribution < -0.4 is 11.1 Å². The highest BCUT2D eigenvalue weighted by Crippen LogP contribution is 2.10. The average molecular weight is 208 g/mol. The van der Waals surface area contributed by atoms with Gasteiger partial charge < -0.3 is 16.2 Å². The minimum absolute atomic E-state index is 0.0255. The van der Waals surface area contributed by atoms with Crippen molar-refractivity contribution in [2.24, 2.45) is 5.73 Å². The monoisotopic (exact) mass is 208 g/mol. The number of hydrogen-bond donors (Lipinski definition) is 3. The second-order valence-corrected chi connectivity index (χ2v) is 3.02. The topological polar surface area (TPSA) is 92.4 Å². The first-order valence-corrected chi connectivity index (χ1v) is 4.45. The van der Waals surface area contributed by atoms with E-state index in [0.717, 1.165) is 0 Å². The predicted molar refractivity (Wildman–Crippen MR) is 54.3 cm³/mol. The van der Waals surface area contributed by atoms with Crippen molar-refractivity contribution in [2.45, 2.75) is 6.42 Å². The standard InChI is InChI=1S/C10H12N2O3/c11-9(14)4-5-12-10(15)7-2-1-3-8(13)6-7/h1-3,6,13H,4-5H2,(H2,11,14)(H,12,15). The smallest absolute Gasteiger partial charge is 0.251 e. The summed E-state index contributed by atoms with van der Waals surface area (Å²) in [7, 11) is 0. The number of phenols is 1. The van der Waals surface area contributed by atoms with Gasteiger partial charge in [0.15, 0.2) is 0 Å². The molecule has 0 fully saturated rings. The molecule has 1 rings (SSSR count). The number of nitrogens with one attached hydrogen (secondary N) is 1. The van der Waals surface area contributed by atoms with Gasteiger partial charge in [-0.05, 0) is 18.2 Å². The first kappa shape index (κ1) is 11.0. The highest BCUT2D eigenvalue weighted by molar-refractivity contribution is 5.94. The van der Waals surface area contributed by atoms with Gasteiger partial charge in [-0.15, -0.1) is 0 Å². The van der Waals surface area contributed by atoms with Crippen molar-refractivity contribution in [3.63, 3.8) is 0 Å². The molecular weight excluding hydrogens is 196 g/mol. The van der Waals surface area contributed by atoms with Crippen LogP contribution in [0.3, 0.4) is 0 Å². The number of phenolic OH excluding ortho intramolecular Hbond substituents is 1. The molecule has 4 N–H and O–H groups in total. The Hall–Kier alpha value is -2.04. The number of aromatic hydroxyl groups is 1. The van der Waals surface area contributed by atoms with Crippen molar-refractivity contribution in [1.29, 1.82) is 0 Å². The predicted octanol–water partition coefficient (Wildman–Crippen LogP) is -0.00260. The molecule has 15 heavy (non-hydrogen) atoms. The van der Waals surface area contributed by atoms with Crippen LogP contribution in [-0.2, 0) is 4.79 Å². The summed E-state index contributed by atoms with van der Waals surface area (Å²) in [4.78, 5) is 21.8. The molecule has 0 aliphatic carbocycles. The lowest BCUT2D eigenvalue weighted by Gasteiger charge is -2.03. The van der Waals surface area contributed by atoms with E-state index in [-0.39, 0.29) is 24.6 Å². The fourth-order valence-corrected chi connectivity index (χ4v) is 1.05. The van der Waals surface area contributed by atoms with Crippen LogP contribution >= 0.6 is 0 Å². The van der Waals surface area contributed by atoms with E-state index >= 15 is 0 Å². The number of hydrogen-bond acceptors (Lipinski definition) is 3. The molecule has 0 aromatic heterocycles. The number of nitrogens with two attached hydrogens (primary N) is 1. The number of benzene rings is 1. The Bertz CT molecular complexity index is 377. The third-order valence-corrected chi connectivity index (χ3v) is 1.77. The van der Waals surface area contributed by atoms with E-state index < -0.39 is 5.91 Å². The molecule has 2 amide bonds. The second-order valence-electron chi connectivity index (χ2n) is 3.02. The van der Waals surface area contributed by atoms with Gasteiger partial charge in [-0.25, -0.2) is 0 Å². The summed E-state index contributed by atoms with van der Waals surface area (Å²) in [5.41, 5.74) is 5.26. The van der Waals surface area contributed by atoms with Gasteiger partial charge >= 0.3 is 0 Å². The Kier molecular flexibility index (Phi) is 3.68. The molecule has 0 aliphatic rings. The maximum Gasteiger partial charge on any atom is 0.251 e. The van der Waals surface area contributed by atoms with E-state index in [1.165, 1.54) is 12.1 Å². The van der Waals surface area contributed by atoms with Gasteiger partial charge in [0.1, 0.15) is 5.75 Å². The fourth-order valence-electron chi connectivity index (χ4n) is 1.05. The Morgan fingerprint density at radius 2 is 2.13 bits per heavy atom. The van der Waals surface area contributed by atoms with Gasteiger partial charge in [0.05, 0.1) is 0 Å². The summed E-state index contributed by atoms with van der Waals surface area (Å²) in [5.74, 6) is -0.782. The SMILES string of the molecule is NC(=O)CCNC(=O)c1cccc(O)c1. The van der Waals surface area contributed by atoms with Crippen LogP contribution in [0.25, 0.3) is 0 Å². The van der Waals surface area contributed by atoms with Crippen LogP contribution in [0.1, 0.15) is 16.8 Å². The van der Waals surface area contributed by atoms with Gasteiger partial charge in [0.25, 0.3) is 5.91 Å². The zero-order valence-electron chi connectivity index (χ0n) is 8.06. The normalized spacial score (nSPS) is 9.60. The average Bonchev–Trinajstić information content (AvgIpc) is 2.17. The van der Waals surface area contributed by atoms with Crippen molar-refractivity contribution in [3.05, 3.63) is 29.8 Å². The van der Waals surface area contributed by atoms with E-state index in [0.29, 0.717) is 5.56 Å². The van der Waals surface area contributed by atoms with E-state index in [9.17, 15) is 9.59 Å². The summed E-state index contributed by atoms with van der Waals surface area (Å²) in [6, 6.07) is 5.96. The first-order valence-electron chi connectivity index (χ1n) is 4.45. The van der Waals surface area contributed by atoms with Crippen molar-refractivity contribution in [2.75, 3.05) is 6.54 Å². The molecule has 5 heteroatoms. The van der Waals surface area contributed by atoms with Crippen molar-refractivity contribution < 1.29 is 14.7 Å².